The Labute approximate surface area is 252 Å². The Morgan fingerprint density at radius 3 is 2.49 bits per heavy atom. The number of nitrogens with zero attached hydrogens (tertiary/aromatic N) is 4. The van der Waals surface area contributed by atoms with Crippen molar-refractivity contribution in [1.82, 2.24) is 10.2 Å². The van der Waals surface area contributed by atoms with Crippen LogP contribution in [0.3, 0.4) is 0 Å². The van der Waals surface area contributed by atoms with E-state index >= 15 is 0 Å². The lowest BCUT2D eigenvalue weighted by molar-refractivity contribution is -0.0750. The highest BCUT2D eigenvalue weighted by atomic mass is 28.4. The first-order chi connectivity index (χ1) is 19.1. The van der Waals surface area contributed by atoms with E-state index in [-0.39, 0.29) is 10.5 Å². The minimum atomic E-state index is -1.88. The van der Waals surface area contributed by atoms with E-state index in [4.69, 9.17) is 4.43 Å². The zero-order chi connectivity index (χ0) is 30.2. The van der Waals surface area contributed by atoms with Gasteiger partial charge in [-0.15, -0.1) is 0 Å². The van der Waals surface area contributed by atoms with E-state index in [2.05, 4.69) is 94.9 Å². The fraction of sp³-hybridized carbons (Fsp3) is 0.912. The molecule has 3 aliphatic rings. The number of H-pyrrole nitrogens is 1. The molecule has 0 bridgehead atoms. The zero-order valence-electron chi connectivity index (χ0n) is 28.1. The second kappa shape index (κ2) is 12.4. The third kappa shape index (κ3) is 6.48. The summed E-state index contributed by atoms with van der Waals surface area (Å²) in [4.78, 5) is 3.31. The van der Waals surface area contributed by atoms with Crippen molar-refractivity contribution >= 4 is 8.32 Å². The van der Waals surface area contributed by atoms with Crippen LogP contribution in [-0.2, 0) is 17.3 Å². The Morgan fingerprint density at radius 2 is 1.83 bits per heavy atom. The molecule has 0 saturated heterocycles. The van der Waals surface area contributed by atoms with Crippen molar-refractivity contribution in [1.29, 1.82) is 0 Å². The van der Waals surface area contributed by atoms with Gasteiger partial charge >= 0.3 is 0 Å². The molecule has 0 unspecified atom stereocenters. The third-order valence-electron chi connectivity index (χ3n) is 13.1. The molecule has 1 aromatic heterocycles. The lowest BCUT2D eigenvalue weighted by atomic mass is 9.48. The van der Waals surface area contributed by atoms with Crippen molar-refractivity contribution in [2.75, 3.05) is 13.2 Å². The fourth-order valence-electron chi connectivity index (χ4n) is 9.43. The van der Waals surface area contributed by atoms with Gasteiger partial charge in [0.05, 0.1) is 6.20 Å². The number of rotatable bonds is 11. The number of hydrogen-bond donors (Lipinski definition) is 1. The molecule has 0 radical (unpaired) electrons. The largest absolute Gasteiger partial charge is 0.417 e. The highest BCUT2D eigenvalue weighted by molar-refractivity contribution is 6.74. The van der Waals surface area contributed by atoms with Crippen molar-refractivity contribution in [3.63, 3.8) is 0 Å². The predicted molar refractivity (Wildman–Crippen MR) is 173 cm³/mol. The van der Waals surface area contributed by atoms with Gasteiger partial charge in [-0.3, -0.25) is 5.10 Å². The van der Waals surface area contributed by atoms with Gasteiger partial charge in [-0.2, -0.15) is 5.10 Å². The summed E-state index contributed by atoms with van der Waals surface area (Å²) in [7, 11) is -1.88. The second-order valence-electron chi connectivity index (χ2n) is 16.8. The quantitative estimate of drug-likeness (QED) is 0.122. The molecule has 7 heteroatoms. The summed E-state index contributed by atoms with van der Waals surface area (Å²) < 4.78 is 6.96. The van der Waals surface area contributed by atoms with Crippen LogP contribution in [0.25, 0.3) is 10.4 Å². The van der Waals surface area contributed by atoms with Crippen LogP contribution in [0.1, 0.15) is 112 Å². The maximum atomic E-state index is 9.48. The Balaban J connectivity index is 1.62. The number of fused-ring (bicyclic) bond motifs is 2. The van der Waals surface area contributed by atoms with Crippen LogP contribution >= 0.6 is 0 Å². The van der Waals surface area contributed by atoms with Gasteiger partial charge in [0.2, 0.25) is 0 Å². The van der Waals surface area contributed by atoms with Gasteiger partial charge in [0.25, 0.3) is 0 Å². The molecule has 232 valence electrons. The summed E-state index contributed by atoms with van der Waals surface area (Å²) in [5.41, 5.74) is 12.6. The highest BCUT2D eigenvalue weighted by Crippen LogP contribution is 2.65. The molecule has 1 heterocycles. The van der Waals surface area contributed by atoms with Crippen LogP contribution in [-0.4, -0.2) is 31.7 Å². The standard InChI is InChI=1S/C34H61N5OSi/c1-23(2)12-11-13-24(3)28-14-15-29-27(21-37-39-35)30(16-17-33(28,29)7)34(8)19-25-20-36-38-31(25)18-26(34)22-40-41(9,10)32(4,5)6/h20,23-24,26-30H,11-19,21-22H2,1-10H3,(H,36,38)/t24-,26-,27+,28-,29+,30+,33-,34+/m1/s1. The number of aromatic amines is 1. The summed E-state index contributed by atoms with van der Waals surface area (Å²) in [5, 5.41) is 12.3. The maximum absolute atomic E-state index is 9.48. The fourth-order valence-corrected chi connectivity index (χ4v) is 10.5. The van der Waals surface area contributed by atoms with Crippen LogP contribution in [0.2, 0.25) is 18.1 Å². The first kappa shape index (κ1) is 32.6. The minimum absolute atomic E-state index is 0.0944. The zero-order valence-corrected chi connectivity index (χ0v) is 29.1. The molecule has 4 rings (SSSR count). The molecule has 41 heavy (non-hydrogen) atoms. The summed E-state index contributed by atoms with van der Waals surface area (Å²) in [5.74, 6) is 4.37. The molecule has 8 atom stereocenters. The van der Waals surface area contributed by atoms with Gasteiger partial charge in [0.15, 0.2) is 8.32 Å². The smallest absolute Gasteiger partial charge is 0.191 e. The van der Waals surface area contributed by atoms with Crippen molar-refractivity contribution in [2.45, 2.75) is 131 Å². The number of hydrogen-bond acceptors (Lipinski definition) is 3. The molecule has 0 amide bonds. The van der Waals surface area contributed by atoms with Gasteiger partial charge in [-0.25, -0.2) is 0 Å². The summed E-state index contributed by atoms with van der Waals surface area (Å²) >= 11 is 0. The average molecular weight is 584 g/mol. The van der Waals surface area contributed by atoms with Gasteiger partial charge in [-0.05, 0) is 120 Å². The van der Waals surface area contributed by atoms with Crippen LogP contribution in [0.4, 0.5) is 0 Å². The normalized spacial score (nSPS) is 34.7. The monoisotopic (exact) mass is 583 g/mol. The number of azide groups is 1. The van der Waals surface area contributed by atoms with E-state index in [1.165, 1.54) is 56.2 Å². The first-order valence-corrected chi connectivity index (χ1v) is 19.7. The average Bonchev–Trinajstić information content (AvgIpc) is 3.47. The SMILES string of the molecule is CC(C)CCC[C@@H](C)[C@H]1CC[C@H]2[C@H](CN=[N+]=[N-])[C@@H]([C@@]3(C)Cc4cn[nH]c4C[C@@H]3CO[Si](C)(C)C(C)(C)C)CC[C@]12C. The Morgan fingerprint density at radius 1 is 1.12 bits per heavy atom. The van der Waals surface area contributed by atoms with Gasteiger partial charge in [0.1, 0.15) is 0 Å². The molecule has 6 nitrogen and oxygen atoms in total. The molecule has 2 saturated carbocycles. The topological polar surface area (TPSA) is 86.7 Å². The van der Waals surface area contributed by atoms with Gasteiger partial charge < -0.3 is 4.43 Å². The lowest BCUT2D eigenvalue weighted by Crippen LogP contribution is -2.54. The van der Waals surface area contributed by atoms with Crippen molar-refractivity contribution in [3.05, 3.63) is 27.9 Å². The molecular weight excluding hydrogens is 522 g/mol. The Bertz CT molecular complexity index is 1070. The Hall–Kier alpha value is -1.30. The van der Waals surface area contributed by atoms with E-state index in [0.717, 1.165) is 37.2 Å². The van der Waals surface area contributed by atoms with E-state index in [1.54, 1.807) is 0 Å². The second-order valence-corrected chi connectivity index (χ2v) is 21.7. The molecule has 2 fully saturated rings. The van der Waals surface area contributed by atoms with E-state index in [1.807, 2.05) is 0 Å². The maximum Gasteiger partial charge on any atom is 0.191 e. The first-order valence-electron chi connectivity index (χ1n) is 16.8. The van der Waals surface area contributed by atoms with Crippen molar-refractivity contribution in [3.8, 4) is 0 Å². The third-order valence-corrected chi connectivity index (χ3v) is 17.6. The van der Waals surface area contributed by atoms with Crippen molar-refractivity contribution < 1.29 is 4.43 Å². The van der Waals surface area contributed by atoms with Crippen molar-refractivity contribution in [2.24, 2.45) is 57.4 Å². The van der Waals surface area contributed by atoms with Crippen LogP contribution in [0.15, 0.2) is 11.3 Å². The number of aromatic nitrogens is 2. The molecule has 0 aromatic carbocycles. The predicted octanol–water partition coefficient (Wildman–Crippen LogP) is 9.98. The molecule has 1 N–H and O–H groups in total. The number of nitrogens with one attached hydrogen (secondary N) is 1. The van der Waals surface area contributed by atoms with E-state index < -0.39 is 8.32 Å². The minimum Gasteiger partial charge on any atom is -0.417 e. The van der Waals surface area contributed by atoms with Gasteiger partial charge in [0, 0.05) is 23.8 Å². The molecule has 3 aliphatic carbocycles. The molecule has 0 spiro atoms. The molecule has 0 aliphatic heterocycles. The molecule has 1 aromatic rings. The highest BCUT2D eigenvalue weighted by Gasteiger charge is 2.59. The summed E-state index contributed by atoms with van der Waals surface area (Å²) in [6.07, 6.45) is 13.3. The summed E-state index contributed by atoms with van der Waals surface area (Å²) in [6, 6.07) is 0. The van der Waals surface area contributed by atoms with Crippen LogP contribution in [0.5, 0.6) is 0 Å². The van der Waals surface area contributed by atoms with Gasteiger partial charge in [-0.1, -0.05) is 79.8 Å². The summed E-state index contributed by atoms with van der Waals surface area (Å²) in [6.45, 7) is 25.6. The molecular formula is C34H61N5OSi. The Kier molecular flexibility index (Phi) is 9.83. The van der Waals surface area contributed by atoms with E-state index in [0.29, 0.717) is 35.6 Å². The van der Waals surface area contributed by atoms with E-state index in [9.17, 15) is 5.53 Å². The van der Waals surface area contributed by atoms with Crippen LogP contribution in [0, 0.1) is 52.3 Å². The van der Waals surface area contributed by atoms with Crippen LogP contribution < -0.4 is 0 Å². The lowest BCUT2D eigenvalue weighted by Gasteiger charge is -2.57.